The number of fused-ring (bicyclic) bond motifs is 1. The van der Waals surface area contributed by atoms with Crippen molar-refractivity contribution in [2.45, 2.75) is 0 Å². The molecule has 0 spiro atoms. The van der Waals surface area contributed by atoms with Gasteiger partial charge in [-0.25, -0.2) is 9.37 Å². The molecule has 140 valence electrons. The molecule has 0 radical (unpaired) electrons. The molecule has 4 nitrogen and oxygen atoms in total. The van der Waals surface area contributed by atoms with Crippen LogP contribution in [0.15, 0.2) is 66.7 Å². The first-order valence-corrected chi connectivity index (χ1v) is 8.79. The first-order valence-electron chi connectivity index (χ1n) is 8.79. The fraction of sp³-hybridized carbons (Fsp3) is 0.0870. The number of ether oxygens (including phenoxy) is 2. The van der Waals surface area contributed by atoms with Gasteiger partial charge in [0.05, 0.1) is 19.9 Å². The maximum absolute atomic E-state index is 14.9. The van der Waals surface area contributed by atoms with Crippen LogP contribution >= 0.6 is 0 Å². The SMILES string of the molecule is COc1ccc(-c2nc(N)c3cccc(F)c3c2-c2ccc(OC)cc2)cc1. The quantitative estimate of drug-likeness (QED) is 0.526. The minimum absolute atomic E-state index is 0.289. The summed E-state index contributed by atoms with van der Waals surface area (Å²) in [4.78, 5) is 4.63. The molecule has 0 saturated carbocycles. The van der Waals surface area contributed by atoms with Gasteiger partial charge >= 0.3 is 0 Å². The summed E-state index contributed by atoms with van der Waals surface area (Å²) in [6.07, 6.45) is 0. The van der Waals surface area contributed by atoms with Crippen LogP contribution in [0, 0.1) is 5.82 Å². The molecule has 2 N–H and O–H groups in total. The fourth-order valence-corrected chi connectivity index (χ4v) is 3.34. The van der Waals surface area contributed by atoms with Crippen molar-refractivity contribution in [1.82, 2.24) is 4.98 Å². The van der Waals surface area contributed by atoms with Gasteiger partial charge in [0.2, 0.25) is 0 Å². The van der Waals surface area contributed by atoms with Gasteiger partial charge in [-0.3, -0.25) is 0 Å². The van der Waals surface area contributed by atoms with Crippen molar-refractivity contribution in [2.24, 2.45) is 0 Å². The van der Waals surface area contributed by atoms with Gasteiger partial charge in [-0.2, -0.15) is 0 Å². The van der Waals surface area contributed by atoms with Crippen LogP contribution in [-0.4, -0.2) is 19.2 Å². The van der Waals surface area contributed by atoms with Crippen LogP contribution in [0.3, 0.4) is 0 Å². The van der Waals surface area contributed by atoms with E-state index >= 15 is 0 Å². The zero-order chi connectivity index (χ0) is 19.7. The molecular weight excluding hydrogens is 355 g/mol. The predicted octanol–water partition coefficient (Wildman–Crippen LogP) is 5.31. The summed E-state index contributed by atoms with van der Waals surface area (Å²) in [5, 5.41) is 1.04. The van der Waals surface area contributed by atoms with E-state index in [0.717, 1.165) is 22.6 Å². The Bertz CT molecular complexity index is 1140. The Morgan fingerprint density at radius 2 is 1.36 bits per heavy atom. The summed E-state index contributed by atoms with van der Waals surface area (Å²) in [5.41, 5.74) is 9.14. The van der Waals surface area contributed by atoms with Crippen LogP contribution in [0.2, 0.25) is 0 Å². The van der Waals surface area contributed by atoms with Crippen LogP contribution in [0.1, 0.15) is 0 Å². The maximum Gasteiger partial charge on any atom is 0.132 e. The molecule has 0 saturated heterocycles. The van der Waals surface area contributed by atoms with Gasteiger partial charge in [0.1, 0.15) is 23.1 Å². The Morgan fingerprint density at radius 1 is 0.786 bits per heavy atom. The minimum Gasteiger partial charge on any atom is -0.497 e. The Morgan fingerprint density at radius 3 is 1.93 bits per heavy atom. The van der Waals surface area contributed by atoms with Crippen LogP contribution in [-0.2, 0) is 0 Å². The van der Waals surface area contributed by atoms with Crippen molar-refractivity contribution in [3.63, 3.8) is 0 Å². The van der Waals surface area contributed by atoms with Gasteiger partial charge in [-0.15, -0.1) is 0 Å². The Kier molecular flexibility index (Phi) is 4.57. The summed E-state index contributed by atoms with van der Waals surface area (Å²) in [5.74, 6) is 1.40. The van der Waals surface area contributed by atoms with Crippen LogP contribution in [0.4, 0.5) is 10.2 Å². The molecule has 1 aromatic heterocycles. The first kappa shape index (κ1) is 17.8. The zero-order valence-electron chi connectivity index (χ0n) is 15.6. The highest BCUT2D eigenvalue weighted by atomic mass is 19.1. The number of halogens is 1. The highest BCUT2D eigenvalue weighted by Gasteiger charge is 2.19. The smallest absolute Gasteiger partial charge is 0.132 e. The molecule has 0 unspecified atom stereocenters. The maximum atomic E-state index is 14.9. The van der Waals surface area contributed by atoms with Gasteiger partial charge < -0.3 is 15.2 Å². The van der Waals surface area contributed by atoms with Crippen molar-refractivity contribution in [1.29, 1.82) is 0 Å². The number of pyridine rings is 1. The van der Waals surface area contributed by atoms with Crippen molar-refractivity contribution >= 4 is 16.6 Å². The standard InChI is InChI=1S/C23H19FN2O2/c1-27-16-10-6-14(7-11-16)20-21-18(4-3-5-19(21)24)23(25)26-22(20)15-8-12-17(28-2)13-9-15/h3-13H,1-2H3,(H2,25,26). The average Bonchev–Trinajstić information content (AvgIpc) is 2.74. The van der Waals surface area contributed by atoms with E-state index in [9.17, 15) is 4.39 Å². The van der Waals surface area contributed by atoms with Crippen LogP contribution in [0.5, 0.6) is 11.5 Å². The topological polar surface area (TPSA) is 57.4 Å². The second kappa shape index (κ2) is 7.19. The first-order chi connectivity index (χ1) is 13.6. The van der Waals surface area contributed by atoms with Crippen LogP contribution < -0.4 is 15.2 Å². The Balaban J connectivity index is 2.06. The molecule has 0 amide bonds. The van der Waals surface area contributed by atoms with E-state index in [1.807, 2.05) is 48.5 Å². The third kappa shape index (κ3) is 3.01. The lowest BCUT2D eigenvalue weighted by Crippen LogP contribution is -2.00. The van der Waals surface area contributed by atoms with Crippen molar-refractivity contribution < 1.29 is 13.9 Å². The largest absolute Gasteiger partial charge is 0.497 e. The van der Waals surface area contributed by atoms with E-state index in [1.54, 1.807) is 26.4 Å². The molecule has 4 rings (SSSR count). The number of nitrogen functional groups attached to an aromatic ring is 1. The number of methoxy groups -OCH3 is 2. The van der Waals surface area contributed by atoms with Crippen molar-refractivity contribution in [3.05, 3.63) is 72.5 Å². The summed E-state index contributed by atoms with van der Waals surface area (Å²) in [7, 11) is 3.22. The number of hydrogen-bond donors (Lipinski definition) is 1. The molecule has 0 aliphatic carbocycles. The third-order valence-electron chi connectivity index (χ3n) is 4.75. The number of aromatic nitrogens is 1. The fourth-order valence-electron chi connectivity index (χ4n) is 3.34. The number of anilines is 1. The second-order valence-corrected chi connectivity index (χ2v) is 6.34. The molecule has 0 aliphatic rings. The third-order valence-corrected chi connectivity index (χ3v) is 4.75. The summed E-state index contributed by atoms with van der Waals surface area (Å²) >= 11 is 0. The highest BCUT2D eigenvalue weighted by molar-refractivity contribution is 6.07. The van der Waals surface area contributed by atoms with Crippen molar-refractivity contribution in [2.75, 3.05) is 20.0 Å². The van der Waals surface area contributed by atoms with E-state index < -0.39 is 0 Å². The van der Waals surface area contributed by atoms with Crippen molar-refractivity contribution in [3.8, 4) is 33.9 Å². The highest BCUT2D eigenvalue weighted by Crippen LogP contribution is 2.40. The molecule has 0 atom stereocenters. The summed E-state index contributed by atoms with van der Waals surface area (Å²) < 4.78 is 25.4. The van der Waals surface area contributed by atoms with Gasteiger partial charge in [-0.05, 0) is 48.0 Å². The molecule has 3 aromatic carbocycles. The molecule has 0 fully saturated rings. The number of nitrogens with two attached hydrogens (primary N) is 1. The van der Waals surface area contributed by atoms with E-state index in [2.05, 4.69) is 4.98 Å². The van der Waals surface area contributed by atoms with E-state index in [1.165, 1.54) is 6.07 Å². The lowest BCUT2D eigenvalue weighted by Gasteiger charge is -2.16. The monoisotopic (exact) mass is 374 g/mol. The van der Waals surface area contributed by atoms with Gasteiger partial charge in [0.25, 0.3) is 0 Å². The number of benzene rings is 3. The van der Waals surface area contributed by atoms with E-state index in [0.29, 0.717) is 22.0 Å². The average molecular weight is 374 g/mol. The molecule has 0 aliphatic heterocycles. The molecule has 1 heterocycles. The summed E-state index contributed by atoms with van der Waals surface area (Å²) in [6, 6.07) is 19.8. The van der Waals surface area contributed by atoms with Gasteiger partial charge in [0, 0.05) is 21.9 Å². The normalized spacial score (nSPS) is 10.8. The van der Waals surface area contributed by atoms with E-state index in [4.69, 9.17) is 15.2 Å². The van der Waals surface area contributed by atoms with E-state index in [-0.39, 0.29) is 11.6 Å². The lowest BCUT2D eigenvalue weighted by molar-refractivity contribution is 0.414. The number of nitrogens with zero attached hydrogens (tertiary/aromatic N) is 1. The zero-order valence-corrected chi connectivity index (χ0v) is 15.6. The molecule has 28 heavy (non-hydrogen) atoms. The summed E-state index contributed by atoms with van der Waals surface area (Å²) in [6.45, 7) is 0. The molecular formula is C23H19FN2O2. The molecule has 4 aromatic rings. The van der Waals surface area contributed by atoms with Crippen LogP contribution in [0.25, 0.3) is 33.2 Å². The molecule has 0 bridgehead atoms. The number of hydrogen-bond acceptors (Lipinski definition) is 4. The lowest BCUT2D eigenvalue weighted by atomic mass is 9.93. The molecule has 5 heteroatoms. The minimum atomic E-state index is -0.341. The Labute approximate surface area is 162 Å². The predicted molar refractivity (Wildman–Crippen MR) is 110 cm³/mol. The van der Waals surface area contributed by atoms with Gasteiger partial charge in [-0.1, -0.05) is 24.3 Å². The number of rotatable bonds is 4. The Hall–Kier alpha value is -3.60. The second-order valence-electron chi connectivity index (χ2n) is 6.34. The van der Waals surface area contributed by atoms with Gasteiger partial charge in [0.15, 0.2) is 0 Å².